The Labute approximate surface area is 63.0 Å². The smallest absolute Gasteiger partial charge is 0.331 e. The van der Waals surface area contributed by atoms with Gasteiger partial charge in [-0.1, -0.05) is 13.8 Å². The fraction of sp³-hybridized carbons (Fsp3) is 0.667. The van der Waals surface area contributed by atoms with Crippen LogP contribution in [0.1, 0.15) is 20.8 Å². The van der Waals surface area contributed by atoms with Crippen LogP contribution in [0.2, 0.25) is 0 Å². The average Bonchev–Trinajstić information content (AvgIpc) is 1.31. The number of carbonyl (C=O) groups excluding carboxylic acids is 1. The molecule has 0 atom stereocenters. The summed E-state index contributed by atoms with van der Waals surface area (Å²) in [6.45, 7) is 8.77. The van der Waals surface area contributed by atoms with E-state index in [9.17, 15) is 4.79 Å². The fourth-order valence-electron chi connectivity index (χ4n) is 0. The molecule has 0 aliphatic carbocycles. The largest absolute Gasteiger partial charge is 1.00 e. The molecule has 42 valence electrons. The second-order valence-corrected chi connectivity index (χ2v) is 2.44. The van der Waals surface area contributed by atoms with E-state index < -0.39 is 0 Å². The topological polar surface area (TPSA) is 17.1 Å². The first-order valence-electron chi connectivity index (χ1n) is 2.31. The van der Waals surface area contributed by atoms with Crippen molar-refractivity contribution < 1.29 is 23.7 Å². The van der Waals surface area contributed by atoms with Crippen LogP contribution in [0, 0.1) is 12.3 Å². The fourth-order valence-corrected chi connectivity index (χ4v) is 0. The van der Waals surface area contributed by atoms with Crippen molar-refractivity contribution >= 4 is 5.78 Å². The molecular formula is C6H11LiO. The Kier molecular flexibility index (Phi) is 4.62. The van der Waals surface area contributed by atoms with Crippen molar-refractivity contribution in [3.05, 3.63) is 6.92 Å². The van der Waals surface area contributed by atoms with Crippen molar-refractivity contribution in [3.63, 3.8) is 0 Å². The number of hydrogen-bond donors (Lipinski definition) is 0. The molecule has 0 aromatic heterocycles. The maximum absolute atomic E-state index is 10.4. The van der Waals surface area contributed by atoms with Crippen LogP contribution in [0.4, 0.5) is 0 Å². The molecule has 2 heteroatoms. The Balaban J connectivity index is 0. The molecule has 0 rings (SSSR count). The number of rotatable bonds is 1. The summed E-state index contributed by atoms with van der Waals surface area (Å²) in [5, 5.41) is 0. The van der Waals surface area contributed by atoms with Crippen LogP contribution in [-0.2, 0) is 4.79 Å². The van der Waals surface area contributed by atoms with Crippen molar-refractivity contribution in [3.8, 4) is 0 Å². The molecule has 0 spiro atoms. The van der Waals surface area contributed by atoms with Gasteiger partial charge in [0, 0.05) is 0 Å². The maximum Gasteiger partial charge on any atom is 1.00 e. The average molecular weight is 106 g/mol. The maximum atomic E-state index is 10.4. The summed E-state index contributed by atoms with van der Waals surface area (Å²) in [5.41, 5.74) is -0.389. The Bertz CT molecular complexity index is 81.0. The SMILES string of the molecule is [CH2-]C(C)(C)C(C)=O.[Li+]. The van der Waals surface area contributed by atoms with Crippen molar-refractivity contribution in [1.29, 1.82) is 0 Å². The second-order valence-electron chi connectivity index (χ2n) is 2.44. The zero-order chi connectivity index (χ0) is 6.08. The molecule has 0 bridgehead atoms. The standard InChI is InChI=1S/C6H11O.Li/c1-5(7)6(2,3)4;/h2H2,1,3-4H3;/q-1;+1. The predicted molar refractivity (Wildman–Crippen MR) is 29.8 cm³/mol. The van der Waals surface area contributed by atoms with Gasteiger partial charge in [-0.15, -0.1) is 5.41 Å². The van der Waals surface area contributed by atoms with Gasteiger partial charge in [-0.3, -0.25) is 0 Å². The van der Waals surface area contributed by atoms with Gasteiger partial charge in [0.25, 0.3) is 0 Å². The molecule has 0 aliphatic heterocycles. The van der Waals surface area contributed by atoms with Crippen LogP contribution < -0.4 is 18.9 Å². The van der Waals surface area contributed by atoms with E-state index in [2.05, 4.69) is 6.92 Å². The quantitative estimate of drug-likeness (QED) is 0.292. The first kappa shape index (κ1) is 11.1. The van der Waals surface area contributed by atoms with Gasteiger partial charge in [0.15, 0.2) is 0 Å². The van der Waals surface area contributed by atoms with Crippen LogP contribution in [0.15, 0.2) is 0 Å². The van der Waals surface area contributed by atoms with E-state index in [1.807, 2.05) is 0 Å². The second kappa shape index (κ2) is 3.32. The summed E-state index contributed by atoms with van der Waals surface area (Å²) >= 11 is 0. The number of ketones is 1. The molecule has 0 aliphatic rings. The van der Waals surface area contributed by atoms with Crippen molar-refractivity contribution in [2.24, 2.45) is 5.41 Å². The van der Waals surface area contributed by atoms with Gasteiger partial charge in [0.05, 0.1) is 0 Å². The van der Waals surface area contributed by atoms with E-state index in [-0.39, 0.29) is 30.1 Å². The molecule has 0 aromatic rings. The molecule has 0 saturated heterocycles. The van der Waals surface area contributed by atoms with Gasteiger partial charge in [-0.05, 0) is 6.92 Å². The van der Waals surface area contributed by atoms with Crippen LogP contribution in [0.25, 0.3) is 0 Å². The predicted octanol–water partition coefficient (Wildman–Crippen LogP) is -1.56. The zero-order valence-corrected chi connectivity index (χ0v) is 6.12. The Morgan fingerprint density at radius 1 is 1.50 bits per heavy atom. The summed E-state index contributed by atoms with van der Waals surface area (Å²) in [4.78, 5) is 10.4. The Morgan fingerprint density at radius 2 is 1.62 bits per heavy atom. The van der Waals surface area contributed by atoms with Crippen LogP contribution in [0.5, 0.6) is 0 Å². The minimum atomic E-state index is -0.389. The van der Waals surface area contributed by atoms with Gasteiger partial charge in [-0.25, -0.2) is 0 Å². The van der Waals surface area contributed by atoms with E-state index in [0.29, 0.717) is 0 Å². The molecule has 0 amide bonds. The van der Waals surface area contributed by atoms with Gasteiger partial charge < -0.3 is 11.7 Å². The molecule has 0 unspecified atom stereocenters. The molecule has 0 heterocycles. The molecule has 0 saturated carbocycles. The molecule has 0 N–H and O–H groups in total. The van der Waals surface area contributed by atoms with Gasteiger partial charge >= 0.3 is 18.9 Å². The van der Waals surface area contributed by atoms with Crippen molar-refractivity contribution in [1.82, 2.24) is 0 Å². The van der Waals surface area contributed by atoms with Crippen molar-refractivity contribution in [2.45, 2.75) is 20.8 Å². The third-order valence-corrected chi connectivity index (χ3v) is 0.953. The normalized spacial score (nSPS) is 10.0. The van der Waals surface area contributed by atoms with E-state index >= 15 is 0 Å². The molecule has 0 fully saturated rings. The van der Waals surface area contributed by atoms with Crippen LogP contribution in [0.3, 0.4) is 0 Å². The third kappa shape index (κ3) is 4.43. The molecular weight excluding hydrogens is 95.0 g/mol. The monoisotopic (exact) mass is 106 g/mol. The van der Waals surface area contributed by atoms with E-state index in [1.165, 1.54) is 0 Å². The minimum absolute atomic E-state index is 0. The first-order valence-corrected chi connectivity index (χ1v) is 2.31. The first-order chi connectivity index (χ1) is 2.94. The molecule has 0 radical (unpaired) electrons. The summed E-state index contributed by atoms with van der Waals surface area (Å²) in [6.07, 6.45) is 0. The summed E-state index contributed by atoms with van der Waals surface area (Å²) in [6, 6.07) is 0. The van der Waals surface area contributed by atoms with Crippen LogP contribution >= 0.6 is 0 Å². The molecule has 1 nitrogen and oxygen atoms in total. The van der Waals surface area contributed by atoms with Gasteiger partial charge in [-0.2, -0.15) is 0 Å². The summed E-state index contributed by atoms with van der Waals surface area (Å²) < 4.78 is 0. The van der Waals surface area contributed by atoms with Gasteiger partial charge in [0.1, 0.15) is 5.78 Å². The summed E-state index contributed by atoms with van der Waals surface area (Å²) in [5.74, 6) is 0.132. The number of carbonyl (C=O) groups is 1. The summed E-state index contributed by atoms with van der Waals surface area (Å²) in [7, 11) is 0. The molecule has 0 aromatic carbocycles. The van der Waals surface area contributed by atoms with Crippen LogP contribution in [-0.4, -0.2) is 5.78 Å². The van der Waals surface area contributed by atoms with E-state index in [1.54, 1.807) is 20.8 Å². The Hall–Kier alpha value is 0.267. The van der Waals surface area contributed by atoms with Gasteiger partial charge in [0.2, 0.25) is 0 Å². The number of Topliss-reactive ketones (excluding diaryl/α,β-unsaturated/α-hetero) is 1. The zero-order valence-electron chi connectivity index (χ0n) is 6.12. The van der Waals surface area contributed by atoms with E-state index in [0.717, 1.165) is 0 Å². The third-order valence-electron chi connectivity index (χ3n) is 0.953. The Morgan fingerprint density at radius 3 is 1.62 bits per heavy atom. The van der Waals surface area contributed by atoms with E-state index in [4.69, 9.17) is 0 Å². The minimum Gasteiger partial charge on any atom is -0.331 e. The number of hydrogen-bond acceptors (Lipinski definition) is 1. The van der Waals surface area contributed by atoms with Crippen molar-refractivity contribution in [2.75, 3.05) is 0 Å². The molecule has 8 heavy (non-hydrogen) atoms.